The molecule has 0 aliphatic carbocycles. The number of fused-ring (bicyclic) bond motifs is 4. The molecule has 0 aliphatic heterocycles. The van der Waals surface area contributed by atoms with E-state index in [9.17, 15) is 5.11 Å². The van der Waals surface area contributed by atoms with E-state index in [2.05, 4.69) is 83.9 Å². The first-order valence-corrected chi connectivity index (χ1v) is 12.7. The Hall–Kier alpha value is -4.21. The third-order valence-electron chi connectivity index (χ3n) is 7.33. The summed E-state index contributed by atoms with van der Waals surface area (Å²) >= 11 is 0. The summed E-state index contributed by atoms with van der Waals surface area (Å²) in [5.74, 6) is 0.206. The fraction of sp³-hybridized carbons (Fsp3) is 0.0909. The van der Waals surface area contributed by atoms with Crippen LogP contribution in [0.1, 0.15) is 19.5 Å². The van der Waals surface area contributed by atoms with Crippen LogP contribution in [0.3, 0.4) is 0 Å². The van der Waals surface area contributed by atoms with Gasteiger partial charge < -0.3 is 18.8 Å². The number of benzene rings is 4. The van der Waals surface area contributed by atoms with E-state index in [1.165, 1.54) is 0 Å². The Kier molecular flexibility index (Phi) is 6.12. The molecule has 0 saturated heterocycles. The summed E-state index contributed by atoms with van der Waals surface area (Å²) in [4.78, 5) is 5.29. The van der Waals surface area contributed by atoms with E-state index >= 15 is 0 Å². The molecule has 0 bridgehead atoms. The maximum atomic E-state index is 10.6. The van der Waals surface area contributed by atoms with Gasteiger partial charge in [-0.05, 0) is 38.1 Å². The van der Waals surface area contributed by atoms with Crippen LogP contribution in [0.5, 0.6) is 5.75 Å². The van der Waals surface area contributed by atoms with Crippen molar-refractivity contribution in [2.75, 3.05) is 0 Å². The molecule has 0 fully saturated rings. The number of aromatic nitrogens is 4. The average molecular weight is 689 g/mol. The molecule has 39 heavy (non-hydrogen) atoms. The van der Waals surface area contributed by atoms with Gasteiger partial charge in [0, 0.05) is 10.8 Å². The van der Waals surface area contributed by atoms with E-state index in [1.54, 1.807) is 6.07 Å². The smallest absolute Gasteiger partial charge is 0.513 e. The molecule has 192 valence electrons. The minimum atomic E-state index is -0.550. The molecule has 0 unspecified atom stereocenters. The Bertz CT molecular complexity index is 1970. The van der Waals surface area contributed by atoms with Crippen LogP contribution in [0, 0.1) is 12.4 Å². The molecular formula is C33H25N4OPt+. The van der Waals surface area contributed by atoms with Crippen molar-refractivity contribution < 1.29 is 30.7 Å². The second kappa shape index (κ2) is 9.51. The van der Waals surface area contributed by atoms with E-state index in [4.69, 9.17) is 4.98 Å². The molecule has 7 rings (SSSR count). The van der Waals surface area contributed by atoms with Crippen LogP contribution in [0.15, 0.2) is 109 Å². The molecule has 0 atom stereocenters. The van der Waals surface area contributed by atoms with Gasteiger partial charge in [-0.15, -0.1) is 6.07 Å². The fourth-order valence-electron chi connectivity index (χ4n) is 5.37. The van der Waals surface area contributed by atoms with Crippen molar-refractivity contribution in [1.29, 1.82) is 0 Å². The molecule has 7 aromatic rings. The minimum absolute atomic E-state index is 0. The van der Waals surface area contributed by atoms with Gasteiger partial charge >= 0.3 is 21.1 Å². The van der Waals surface area contributed by atoms with Gasteiger partial charge in [-0.1, -0.05) is 66.4 Å². The van der Waals surface area contributed by atoms with Crippen LogP contribution in [-0.4, -0.2) is 19.2 Å². The predicted octanol–water partition coefficient (Wildman–Crippen LogP) is 6.50. The predicted molar refractivity (Wildman–Crippen MR) is 150 cm³/mol. The Balaban J connectivity index is 0.00000277. The van der Waals surface area contributed by atoms with E-state index in [0.29, 0.717) is 5.69 Å². The number of imidazole rings is 1. The largest absolute Gasteiger partial charge is 2.00 e. The van der Waals surface area contributed by atoms with Crippen LogP contribution in [0.25, 0.3) is 44.3 Å². The van der Waals surface area contributed by atoms with Gasteiger partial charge in [0.25, 0.3) is 0 Å². The van der Waals surface area contributed by atoms with Crippen molar-refractivity contribution in [3.05, 3.63) is 127 Å². The molecule has 0 spiro atoms. The molecule has 6 heteroatoms. The molecule has 4 aromatic carbocycles. The normalized spacial score (nSPS) is 11.7. The SMILES string of the molecule is CC(C)(c1ccc2c3ccccc3n(-c3[c-]cccc3)c2n1)[n+]1[c-]n(-c2ccccc2O)c2ccccc21.[Pt+2]. The molecule has 1 N–H and O–H groups in total. The molecule has 5 nitrogen and oxygen atoms in total. The van der Waals surface area contributed by atoms with Crippen LogP contribution >= 0.6 is 0 Å². The van der Waals surface area contributed by atoms with Gasteiger partial charge in [0.15, 0.2) is 0 Å². The molecule has 3 aromatic heterocycles. The van der Waals surface area contributed by atoms with Crippen molar-refractivity contribution in [2.24, 2.45) is 0 Å². The Morgan fingerprint density at radius 3 is 2.28 bits per heavy atom. The summed E-state index contributed by atoms with van der Waals surface area (Å²) in [6.07, 6.45) is 3.53. The van der Waals surface area contributed by atoms with Crippen LogP contribution in [0.4, 0.5) is 0 Å². The number of phenols is 1. The maximum absolute atomic E-state index is 10.6. The standard InChI is InChI=1S/C33H25N4O.Pt/c1-33(2,36-22-35(27-16-8-9-17-28(27)36)29-18-10-11-19-30(29)38)31-21-20-25-24-14-6-7-15-26(24)37(32(25)34-31)23-12-4-3-5-13-23;/h3-12,14-21,38H,1-2H3;/q-1;+2. The van der Waals surface area contributed by atoms with Crippen molar-refractivity contribution in [2.45, 2.75) is 19.4 Å². The summed E-state index contributed by atoms with van der Waals surface area (Å²) in [5, 5.41) is 12.9. The molecule has 0 saturated carbocycles. The zero-order valence-corrected chi connectivity index (χ0v) is 23.7. The number of para-hydroxylation sites is 6. The second-order valence-electron chi connectivity index (χ2n) is 9.98. The quantitative estimate of drug-likeness (QED) is 0.170. The average Bonchev–Trinajstić information content (AvgIpc) is 3.50. The van der Waals surface area contributed by atoms with Gasteiger partial charge in [0.2, 0.25) is 6.33 Å². The first kappa shape index (κ1) is 25.1. The van der Waals surface area contributed by atoms with Gasteiger partial charge in [0.05, 0.1) is 27.9 Å². The second-order valence-corrected chi connectivity index (χ2v) is 9.98. The van der Waals surface area contributed by atoms with Crippen LogP contribution in [0.2, 0.25) is 0 Å². The zero-order valence-electron chi connectivity index (χ0n) is 21.4. The topological polar surface area (TPSA) is 46.9 Å². The number of aromatic hydroxyl groups is 1. The Labute approximate surface area is 240 Å². The van der Waals surface area contributed by atoms with E-state index in [0.717, 1.165) is 44.4 Å². The first-order valence-electron chi connectivity index (χ1n) is 12.7. The monoisotopic (exact) mass is 688 g/mol. The number of rotatable bonds is 4. The molecule has 0 amide bonds. The van der Waals surface area contributed by atoms with Crippen molar-refractivity contribution in [1.82, 2.24) is 14.1 Å². The van der Waals surface area contributed by atoms with E-state index < -0.39 is 5.54 Å². The van der Waals surface area contributed by atoms with Crippen LogP contribution < -0.4 is 4.57 Å². The van der Waals surface area contributed by atoms with Gasteiger partial charge in [0.1, 0.15) is 16.9 Å². The number of nitrogens with zero attached hydrogens (tertiary/aromatic N) is 4. The third kappa shape index (κ3) is 3.88. The minimum Gasteiger partial charge on any atom is -0.513 e. The summed E-state index contributed by atoms with van der Waals surface area (Å²) in [7, 11) is 0. The van der Waals surface area contributed by atoms with Crippen LogP contribution in [-0.2, 0) is 26.6 Å². The number of hydrogen-bond acceptors (Lipinski definition) is 2. The zero-order chi connectivity index (χ0) is 25.9. The summed E-state index contributed by atoms with van der Waals surface area (Å²) in [6.45, 7) is 4.31. The fourth-order valence-corrected chi connectivity index (χ4v) is 5.37. The molecule has 0 aliphatic rings. The van der Waals surface area contributed by atoms with Crippen molar-refractivity contribution in [3.8, 4) is 17.1 Å². The van der Waals surface area contributed by atoms with Gasteiger partial charge in [-0.25, -0.2) is 4.98 Å². The van der Waals surface area contributed by atoms with E-state index in [1.807, 2.05) is 59.2 Å². The van der Waals surface area contributed by atoms with Gasteiger partial charge in [-0.2, -0.15) is 24.3 Å². The third-order valence-corrected chi connectivity index (χ3v) is 7.33. The maximum Gasteiger partial charge on any atom is 2.00 e. The number of phenolic OH excluding ortho intramolecular Hbond substituents is 1. The van der Waals surface area contributed by atoms with Crippen molar-refractivity contribution in [3.63, 3.8) is 0 Å². The Morgan fingerprint density at radius 1 is 0.769 bits per heavy atom. The molecule has 0 radical (unpaired) electrons. The van der Waals surface area contributed by atoms with E-state index in [-0.39, 0.29) is 26.8 Å². The Morgan fingerprint density at radius 2 is 1.49 bits per heavy atom. The van der Waals surface area contributed by atoms with Gasteiger partial charge in [-0.3, -0.25) is 0 Å². The summed E-state index contributed by atoms with van der Waals surface area (Å²) in [6, 6.07) is 39.6. The van der Waals surface area contributed by atoms with Crippen molar-refractivity contribution >= 4 is 33.0 Å². The first-order chi connectivity index (χ1) is 18.5. The summed E-state index contributed by atoms with van der Waals surface area (Å²) in [5.41, 5.74) is 5.94. The molecule has 3 heterocycles. The molecular weight excluding hydrogens is 663 g/mol. The summed E-state index contributed by atoms with van der Waals surface area (Å²) < 4.78 is 6.22. The number of pyridine rings is 1. The number of hydrogen-bond donors (Lipinski definition) is 1.